The van der Waals surface area contributed by atoms with Crippen molar-refractivity contribution in [2.75, 3.05) is 0 Å². The maximum atomic E-state index is 9.39. The van der Waals surface area contributed by atoms with Gasteiger partial charge < -0.3 is 5.11 Å². The van der Waals surface area contributed by atoms with Crippen molar-refractivity contribution < 1.29 is 5.11 Å². The van der Waals surface area contributed by atoms with Gasteiger partial charge in [0, 0.05) is 5.92 Å². The Labute approximate surface area is 127 Å². The molecular formula is C14H15Cl2N3O. The maximum absolute atomic E-state index is 9.39. The lowest BCUT2D eigenvalue weighted by Gasteiger charge is -2.26. The lowest BCUT2D eigenvalue weighted by molar-refractivity contribution is 0.271. The molecule has 1 aliphatic rings. The van der Waals surface area contributed by atoms with Crippen molar-refractivity contribution in [3.05, 3.63) is 45.2 Å². The molecule has 6 heteroatoms. The van der Waals surface area contributed by atoms with E-state index in [-0.39, 0.29) is 6.61 Å². The van der Waals surface area contributed by atoms with E-state index in [1.165, 1.54) is 6.42 Å². The number of rotatable bonds is 4. The van der Waals surface area contributed by atoms with E-state index in [0.29, 0.717) is 28.2 Å². The van der Waals surface area contributed by atoms with Crippen molar-refractivity contribution in [3.8, 4) is 0 Å². The van der Waals surface area contributed by atoms with Gasteiger partial charge in [0.15, 0.2) is 0 Å². The first kappa shape index (κ1) is 13.9. The van der Waals surface area contributed by atoms with Crippen LogP contribution in [-0.4, -0.2) is 20.1 Å². The minimum Gasteiger partial charge on any atom is -0.390 e. The zero-order valence-electron chi connectivity index (χ0n) is 10.9. The number of aliphatic hydroxyl groups is 1. The fourth-order valence-corrected chi connectivity index (χ4v) is 2.85. The highest BCUT2D eigenvalue weighted by molar-refractivity contribution is 6.42. The van der Waals surface area contributed by atoms with Crippen LogP contribution in [0.3, 0.4) is 0 Å². The zero-order valence-corrected chi connectivity index (χ0v) is 12.4. The normalized spacial score (nSPS) is 15.3. The van der Waals surface area contributed by atoms with Gasteiger partial charge in [-0.25, -0.2) is 4.68 Å². The molecule has 20 heavy (non-hydrogen) atoms. The van der Waals surface area contributed by atoms with Crippen LogP contribution in [0.15, 0.2) is 18.2 Å². The molecule has 0 radical (unpaired) electrons. The molecule has 0 aliphatic heterocycles. The second kappa shape index (κ2) is 5.72. The summed E-state index contributed by atoms with van der Waals surface area (Å²) in [7, 11) is 0. The molecule has 1 N–H and O–H groups in total. The second-order valence-corrected chi connectivity index (χ2v) is 5.93. The molecule has 0 saturated heterocycles. The Morgan fingerprint density at radius 1 is 1.25 bits per heavy atom. The molecule has 0 atom stereocenters. The number of aliphatic hydroxyl groups excluding tert-OH is 1. The highest BCUT2D eigenvalue weighted by atomic mass is 35.5. The van der Waals surface area contributed by atoms with E-state index in [4.69, 9.17) is 23.2 Å². The van der Waals surface area contributed by atoms with Crippen LogP contribution in [0.4, 0.5) is 0 Å². The number of halogens is 2. The topological polar surface area (TPSA) is 50.9 Å². The van der Waals surface area contributed by atoms with Crippen LogP contribution in [0.2, 0.25) is 10.0 Å². The van der Waals surface area contributed by atoms with E-state index in [0.717, 1.165) is 24.1 Å². The van der Waals surface area contributed by atoms with E-state index >= 15 is 0 Å². The lowest BCUT2D eigenvalue weighted by Crippen LogP contribution is -2.17. The molecule has 1 aliphatic carbocycles. The first-order valence-electron chi connectivity index (χ1n) is 6.66. The maximum Gasteiger partial charge on any atom is 0.112 e. The van der Waals surface area contributed by atoms with Crippen LogP contribution in [0, 0.1) is 0 Å². The van der Waals surface area contributed by atoms with Gasteiger partial charge >= 0.3 is 0 Å². The Morgan fingerprint density at radius 2 is 2.05 bits per heavy atom. The lowest BCUT2D eigenvalue weighted by atomic mass is 9.82. The monoisotopic (exact) mass is 311 g/mol. The van der Waals surface area contributed by atoms with Crippen molar-refractivity contribution in [1.82, 2.24) is 15.0 Å². The van der Waals surface area contributed by atoms with Crippen molar-refractivity contribution >= 4 is 23.2 Å². The predicted molar refractivity (Wildman–Crippen MR) is 78.1 cm³/mol. The average molecular weight is 312 g/mol. The summed E-state index contributed by atoms with van der Waals surface area (Å²) in [4.78, 5) is 0. The molecule has 4 nitrogen and oxygen atoms in total. The SMILES string of the molecule is OCc1nnn(Cc2ccc(Cl)c(Cl)c2)c1C1CCC1. The fraction of sp³-hybridized carbons (Fsp3) is 0.429. The van der Waals surface area contributed by atoms with Crippen molar-refractivity contribution in [2.45, 2.75) is 38.3 Å². The Kier molecular flexibility index (Phi) is 3.96. The van der Waals surface area contributed by atoms with Gasteiger partial charge in [0.25, 0.3) is 0 Å². The summed E-state index contributed by atoms with van der Waals surface area (Å²) >= 11 is 12.0. The van der Waals surface area contributed by atoms with Gasteiger partial charge in [-0.2, -0.15) is 0 Å². The molecule has 2 aromatic rings. The Hall–Kier alpha value is -1.10. The first-order valence-corrected chi connectivity index (χ1v) is 7.41. The smallest absolute Gasteiger partial charge is 0.112 e. The summed E-state index contributed by atoms with van der Waals surface area (Å²) in [5, 5.41) is 18.7. The molecular weight excluding hydrogens is 297 g/mol. The Balaban J connectivity index is 1.89. The highest BCUT2D eigenvalue weighted by Gasteiger charge is 2.27. The number of hydrogen-bond donors (Lipinski definition) is 1. The van der Waals surface area contributed by atoms with Gasteiger partial charge in [-0.15, -0.1) is 5.10 Å². The highest BCUT2D eigenvalue weighted by Crippen LogP contribution is 2.37. The van der Waals surface area contributed by atoms with E-state index in [9.17, 15) is 5.11 Å². The van der Waals surface area contributed by atoms with Gasteiger partial charge in [0.05, 0.1) is 28.9 Å². The molecule has 0 amide bonds. The van der Waals surface area contributed by atoms with Crippen LogP contribution < -0.4 is 0 Å². The predicted octanol–water partition coefficient (Wildman–Crippen LogP) is 3.39. The minimum atomic E-state index is -0.0623. The van der Waals surface area contributed by atoms with Gasteiger partial charge in [0.2, 0.25) is 0 Å². The van der Waals surface area contributed by atoms with Crippen molar-refractivity contribution in [1.29, 1.82) is 0 Å². The number of benzene rings is 1. The number of hydrogen-bond acceptors (Lipinski definition) is 3. The van der Waals surface area contributed by atoms with Gasteiger partial charge in [0.1, 0.15) is 5.69 Å². The molecule has 0 spiro atoms. The summed E-state index contributed by atoms with van der Waals surface area (Å²) in [5.41, 5.74) is 2.77. The summed E-state index contributed by atoms with van der Waals surface area (Å²) in [6, 6.07) is 5.56. The molecule has 1 aromatic carbocycles. The van der Waals surface area contributed by atoms with Crippen LogP contribution >= 0.6 is 23.2 Å². The van der Waals surface area contributed by atoms with Crippen LogP contribution in [0.25, 0.3) is 0 Å². The third-order valence-electron chi connectivity index (χ3n) is 3.81. The quantitative estimate of drug-likeness (QED) is 0.941. The first-order chi connectivity index (χ1) is 9.69. The molecule has 1 saturated carbocycles. The molecule has 0 bridgehead atoms. The number of aromatic nitrogens is 3. The van der Waals surface area contributed by atoms with Gasteiger partial charge in [-0.05, 0) is 30.5 Å². The van der Waals surface area contributed by atoms with Crippen molar-refractivity contribution in [3.63, 3.8) is 0 Å². The largest absolute Gasteiger partial charge is 0.390 e. The molecule has 106 valence electrons. The molecule has 1 aromatic heterocycles. The summed E-state index contributed by atoms with van der Waals surface area (Å²) in [6.45, 7) is 0.531. The van der Waals surface area contributed by atoms with Gasteiger partial charge in [-0.3, -0.25) is 0 Å². The third kappa shape index (κ3) is 2.55. The zero-order chi connectivity index (χ0) is 14.1. The second-order valence-electron chi connectivity index (χ2n) is 5.11. The van der Waals surface area contributed by atoms with Crippen molar-refractivity contribution in [2.24, 2.45) is 0 Å². The van der Waals surface area contributed by atoms with E-state index in [1.54, 1.807) is 6.07 Å². The van der Waals surface area contributed by atoms with Gasteiger partial charge in [-0.1, -0.05) is 40.9 Å². The molecule has 1 heterocycles. The molecule has 3 rings (SSSR count). The fourth-order valence-electron chi connectivity index (χ4n) is 2.52. The van der Waals surface area contributed by atoms with E-state index in [2.05, 4.69) is 10.3 Å². The van der Waals surface area contributed by atoms with Crippen LogP contribution in [0.1, 0.15) is 42.1 Å². The minimum absolute atomic E-state index is 0.0623. The summed E-state index contributed by atoms with van der Waals surface area (Å²) in [5.74, 6) is 0.468. The summed E-state index contributed by atoms with van der Waals surface area (Å²) in [6.07, 6.45) is 3.51. The van der Waals surface area contributed by atoms with Crippen LogP contribution in [0.5, 0.6) is 0 Å². The Bertz CT molecular complexity index is 623. The summed E-state index contributed by atoms with van der Waals surface area (Å²) < 4.78 is 1.87. The molecule has 1 fully saturated rings. The number of nitrogens with zero attached hydrogens (tertiary/aromatic N) is 3. The van der Waals surface area contributed by atoms with E-state index < -0.39 is 0 Å². The van der Waals surface area contributed by atoms with E-state index in [1.807, 2.05) is 16.8 Å². The molecule has 0 unspecified atom stereocenters. The average Bonchev–Trinajstić information content (AvgIpc) is 2.75. The standard InChI is InChI=1S/C14H15Cl2N3O/c15-11-5-4-9(6-12(11)16)7-19-14(10-2-1-3-10)13(8-20)17-18-19/h4-6,10,20H,1-3,7-8H2. The Morgan fingerprint density at radius 3 is 2.65 bits per heavy atom. The van der Waals surface area contributed by atoms with Crippen LogP contribution in [-0.2, 0) is 13.2 Å². The third-order valence-corrected chi connectivity index (χ3v) is 4.54.